The molecule has 0 atom stereocenters. The van der Waals surface area contributed by atoms with Gasteiger partial charge in [0.25, 0.3) is 5.56 Å². The van der Waals surface area contributed by atoms with E-state index in [4.69, 9.17) is 0 Å². The second-order valence-electron chi connectivity index (χ2n) is 4.68. The molecule has 0 aromatic carbocycles. The monoisotopic (exact) mass is 287 g/mol. The van der Waals surface area contributed by atoms with E-state index in [-0.39, 0.29) is 11.0 Å². The molecule has 20 heavy (non-hydrogen) atoms. The van der Waals surface area contributed by atoms with Gasteiger partial charge in [0.15, 0.2) is 5.43 Å². The summed E-state index contributed by atoms with van der Waals surface area (Å²) in [5.41, 5.74) is 0.851. The van der Waals surface area contributed by atoms with E-state index in [0.29, 0.717) is 17.8 Å². The van der Waals surface area contributed by atoms with Gasteiger partial charge in [-0.25, -0.2) is 4.98 Å². The van der Waals surface area contributed by atoms with Crippen molar-refractivity contribution in [2.45, 2.75) is 20.4 Å². The Morgan fingerprint density at radius 3 is 2.65 bits per heavy atom. The SMILES string of the molecule is Cc1sc2nc(Cn3ccc(=O)cc3)[nH]c(=O)c2c1C. The second kappa shape index (κ2) is 4.72. The third-order valence-corrected chi connectivity index (χ3v) is 4.38. The zero-order valence-corrected chi connectivity index (χ0v) is 12.0. The molecule has 0 radical (unpaired) electrons. The lowest BCUT2D eigenvalue weighted by Crippen LogP contribution is -2.14. The lowest BCUT2D eigenvalue weighted by Gasteiger charge is -2.04. The Kier molecular flexibility index (Phi) is 3.02. The first-order chi connectivity index (χ1) is 9.54. The minimum absolute atomic E-state index is 0.0392. The number of hydrogen-bond donors (Lipinski definition) is 1. The van der Waals surface area contributed by atoms with Crippen LogP contribution in [-0.2, 0) is 6.54 Å². The summed E-state index contributed by atoms with van der Waals surface area (Å²) in [6, 6.07) is 2.96. The largest absolute Gasteiger partial charge is 0.347 e. The summed E-state index contributed by atoms with van der Waals surface area (Å²) in [6.07, 6.45) is 3.36. The highest BCUT2D eigenvalue weighted by molar-refractivity contribution is 7.18. The Bertz CT molecular complexity index is 884. The van der Waals surface area contributed by atoms with E-state index < -0.39 is 0 Å². The Balaban J connectivity index is 2.07. The van der Waals surface area contributed by atoms with E-state index in [2.05, 4.69) is 9.97 Å². The quantitative estimate of drug-likeness (QED) is 0.781. The first kappa shape index (κ1) is 12.8. The molecule has 0 saturated carbocycles. The van der Waals surface area contributed by atoms with Gasteiger partial charge in [-0.3, -0.25) is 9.59 Å². The molecule has 0 aliphatic rings. The zero-order chi connectivity index (χ0) is 14.3. The number of thiophene rings is 1. The molecule has 3 aromatic heterocycles. The van der Waals surface area contributed by atoms with Gasteiger partial charge in [-0.15, -0.1) is 11.3 Å². The number of nitrogens with one attached hydrogen (secondary N) is 1. The fourth-order valence-corrected chi connectivity index (χ4v) is 3.14. The van der Waals surface area contributed by atoms with E-state index in [1.165, 1.54) is 23.5 Å². The number of nitrogens with zero attached hydrogens (tertiary/aromatic N) is 2. The molecule has 0 unspecified atom stereocenters. The standard InChI is InChI=1S/C14H13N3O2S/c1-8-9(2)20-14-12(8)13(19)15-11(16-14)7-17-5-3-10(18)4-6-17/h3-6H,7H2,1-2H3,(H,15,16,19). The van der Waals surface area contributed by atoms with Crippen molar-refractivity contribution >= 4 is 21.6 Å². The summed E-state index contributed by atoms with van der Waals surface area (Å²) in [6.45, 7) is 4.36. The second-order valence-corrected chi connectivity index (χ2v) is 5.89. The molecule has 5 nitrogen and oxygen atoms in total. The highest BCUT2D eigenvalue weighted by Crippen LogP contribution is 2.25. The Labute approximate surface area is 118 Å². The van der Waals surface area contributed by atoms with Crippen molar-refractivity contribution in [1.29, 1.82) is 0 Å². The molecule has 0 bridgehead atoms. The van der Waals surface area contributed by atoms with Crippen LogP contribution in [0.4, 0.5) is 0 Å². The van der Waals surface area contributed by atoms with Gasteiger partial charge in [-0.1, -0.05) is 0 Å². The number of hydrogen-bond acceptors (Lipinski definition) is 4. The predicted octanol–water partition coefficient (Wildman–Crippen LogP) is 1.81. The van der Waals surface area contributed by atoms with E-state index in [9.17, 15) is 9.59 Å². The zero-order valence-electron chi connectivity index (χ0n) is 11.1. The molecule has 0 amide bonds. The average molecular weight is 287 g/mol. The molecular weight excluding hydrogens is 274 g/mol. The van der Waals surface area contributed by atoms with Crippen molar-refractivity contribution in [2.24, 2.45) is 0 Å². The highest BCUT2D eigenvalue weighted by atomic mass is 32.1. The van der Waals surface area contributed by atoms with Gasteiger partial charge < -0.3 is 9.55 Å². The van der Waals surface area contributed by atoms with E-state index in [1.54, 1.807) is 17.0 Å². The Morgan fingerprint density at radius 2 is 1.95 bits per heavy atom. The molecule has 3 rings (SSSR count). The smallest absolute Gasteiger partial charge is 0.259 e. The number of aryl methyl sites for hydroxylation is 2. The van der Waals surface area contributed by atoms with Crippen LogP contribution in [0.2, 0.25) is 0 Å². The van der Waals surface area contributed by atoms with Gasteiger partial charge in [-0.05, 0) is 19.4 Å². The van der Waals surface area contributed by atoms with Crippen LogP contribution >= 0.6 is 11.3 Å². The van der Waals surface area contributed by atoms with Crippen LogP contribution < -0.4 is 11.0 Å². The number of fused-ring (bicyclic) bond motifs is 1. The van der Waals surface area contributed by atoms with Gasteiger partial charge in [-0.2, -0.15) is 0 Å². The minimum Gasteiger partial charge on any atom is -0.347 e. The molecule has 0 saturated heterocycles. The number of pyridine rings is 1. The van der Waals surface area contributed by atoms with Gasteiger partial charge in [0, 0.05) is 29.4 Å². The molecule has 0 spiro atoms. The summed E-state index contributed by atoms with van der Waals surface area (Å²) < 4.78 is 1.80. The van der Waals surface area contributed by atoms with Gasteiger partial charge in [0.2, 0.25) is 0 Å². The van der Waals surface area contributed by atoms with Crippen molar-refractivity contribution in [3.63, 3.8) is 0 Å². The van der Waals surface area contributed by atoms with E-state index in [0.717, 1.165) is 15.3 Å². The Morgan fingerprint density at radius 1 is 1.25 bits per heavy atom. The predicted molar refractivity (Wildman–Crippen MR) is 79.5 cm³/mol. The van der Waals surface area contributed by atoms with Crippen LogP contribution in [0, 0.1) is 13.8 Å². The van der Waals surface area contributed by atoms with Gasteiger partial charge >= 0.3 is 0 Å². The van der Waals surface area contributed by atoms with Gasteiger partial charge in [0.1, 0.15) is 10.7 Å². The van der Waals surface area contributed by atoms with Crippen LogP contribution in [0.25, 0.3) is 10.2 Å². The average Bonchev–Trinajstić information content (AvgIpc) is 2.68. The van der Waals surface area contributed by atoms with Crippen molar-refractivity contribution in [3.8, 4) is 0 Å². The number of rotatable bonds is 2. The van der Waals surface area contributed by atoms with Crippen LogP contribution in [0.15, 0.2) is 34.1 Å². The fraction of sp³-hybridized carbons (Fsp3) is 0.214. The van der Waals surface area contributed by atoms with Crippen molar-refractivity contribution in [1.82, 2.24) is 14.5 Å². The highest BCUT2D eigenvalue weighted by Gasteiger charge is 2.11. The number of H-pyrrole nitrogens is 1. The van der Waals surface area contributed by atoms with Crippen molar-refractivity contribution < 1.29 is 0 Å². The molecule has 102 valence electrons. The lowest BCUT2D eigenvalue weighted by molar-refractivity contribution is 0.739. The van der Waals surface area contributed by atoms with Crippen molar-refractivity contribution in [2.75, 3.05) is 0 Å². The maximum atomic E-state index is 12.1. The molecular formula is C14H13N3O2S. The maximum Gasteiger partial charge on any atom is 0.259 e. The van der Waals surface area contributed by atoms with Crippen LogP contribution in [0.1, 0.15) is 16.3 Å². The molecule has 0 aliphatic heterocycles. The molecule has 1 N–H and O–H groups in total. The summed E-state index contributed by atoms with van der Waals surface area (Å²) in [4.78, 5) is 32.4. The number of aromatic amines is 1. The van der Waals surface area contributed by atoms with Crippen LogP contribution in [-0.4, -0.2) is 14.5 Å². The molecule has 3 aromatic rings. The van der Waals surface area contributed by atoms with Gasteiger partial charge in [0.05, 0.1) is 11.9 Å². The topological polar surface area (TPSA) is 67.8 Å². The molecule has 3 heterocycles. The maximum absolute atomic E-state index is 12.1. The molecule has 0 aliphatic carbocycles. The summed E-state index contributed by atoms with van der Waals surface area (Å²) in [5, 5.41) is 0.677. The normalized spacial score (nSPS) is 11.1. The lowest BCUT2D eigenvalue weighted by atomic mass is 10.2. The summed E-state index contributed by atoms with van der Waals surface area (Å²) in [7, 11) is 0. The van der Waals surface area contributed by atoms with Crippen molar-refractivity contribution in [3.05, 3.63) is 61.4 Å². The van der Waals surface area contributed by atoms with E-state index in [1.807, 2.05) is 13.8 Å². The first-order valence-corrected chi connectivity index (χ1v) is 7.01. The summed E-state index contributed by atoms with van der Waals surface area (Å²) >= 11 is 1.53. The minimum atomic E-state index is -0.104. The third kappa shape index (κ3) is 2.18. The Hall–Kier alpha value is -2.21. The van der Waals surface area contributed by atoms with Crippen LogP contribution in [0.3, 0.4) is 0 Å². The molecule has 6 heteroatoms. The summed E-state index contributed by atoms with van der Waals surface area (Å²) in [5.74, 6) is 0.590. The van der Waals surface area contributed by atoms with Crippen LogP contribution in [0.5, 0.6) is 0 Å². The fourth-order valence-electron chi connectivity index (χ4n) is 2.10. The molecule has 0 fully saturated rings. The number of aromatic nitrogens is 3. The van der Waals surface area contributed by atoms with E-state index >= 15 is 0 Å². The first-order valence-electron chi connectivity index (χ1n) is 6.19. The third-order valence-electron chi connectivity index (χ3n) is 3.28.